The Morgan fingerprint density at radius 3 is 2.45 bits per heavy atom. The van der Waals surface area contributed by atoms with Gasteiger partial charge in [0.15, 0.2) is 0 Å². The zero-order chi connectivity index (χ0) is 15.0. The van der Waals surface area contributed by atoms with Crippen LogP contribution in [0.25, 0.3) is 0 Å². The predicted octanol–water partition coefficient (Wildman–Crippen LogP) is 2.95. The first-order valence-electron chi connectivity index (χ1n) is 7.66. The van der Waals surface area contributed by atoms with Gasteiger partial charge in [-0.2, -0.15) is 0 Å². The molecule has 5 nitrogen and oxygen atoms in total. The highest BCUT2D eigenvalue weighted by Gasteiger charge is 2.26. The average molecular weight is 286 g/mol. The minimum absolute atomic E-state index is 0.166. The van der Waals surface area contributed by atoms with Gasteiger partial charge in [-0.15, -0.1) is 0 Å². The highest BCUT2D eigenvalue weighted by molar-refractivity contribution is 5.68. The summed E-state index contributed by atoms with van der Waals surface area (Å²) < 4.78 is 5.40. The van der Waals surface area contributed by atoms with Crippen molar-refractivity contribution in [1.82, 2.24) is 10.4 Å². The third-order valence-corrected chi connectivity index (χ3v) is 3.55. The van der Waals surface area contributed by atoms with Crippen LogP contribution in [-0.2, 0) is 9.57 Å². The van der Waals surface area contributed by atoms with Crippen molar-refractivity contribution in [3.63, 3.8) is 0 Å². The molecule has 1 amide bonds. The Balaban J connectivity index is 2.15. The SMILES string of the molecule is CONCCCCC1CCN(C(=O)OC(C)(C)C)CC1. The Bertz CT molecular complexity index is 281. The fraction of sp³-hybridized carbons (Fsp3) is 0.933. The molecule has 0 atom stereocenters. The van der Waals surface area contributed by atoms with E-state index < -0.39 is 5.60 Å². The summed E-state index contributed by atoms with van der Waals surface area (Å²) >= 11 is 0. The summed E-state index contributed by atoms with van der Waals surface area (Å²) in [6, 6.07) is 0. The molecule has 1 aliphatic rings. The van der Waals surface area contributed by atoms with E-state index in [1.165, 1.54) is 12.8 Å². The zero-order valence-corrected chi connectivity index (χ0v) is 13.4. The molecular formula is C15H30N2O3. The van der Waals surface area contributed by atoms with Crippen LogP contribution in [0, 0.1) is 5.92 Å². The second-order valence-electron chi connectivity index (χ2n) is 6.51. The normalized spacial score (nSPS) is 17.3. The van der Waals surface area contributed by atoms with E-state index in [1.54, 1.807) is 7.11 Å². The molecule has 5 heteroatoms. The van der Waals surface area contributed by atoms with Crippen LogP contribution in [0.5, 0.6) is 0 Å². The van der Waals surface area contributed by atoms with Crippen LogP contribution in [0.1, 0.15) is 52.9 Å². The topological polar surface area (TPSA) is 50.8 Å². The van der Waals surface area contributed by atoms with Crippen molar-refractivity contribution < 1.29 is 14.4 Å². The fourth-order valence-electron chi connectivity index (χ4n) is 2.46. The number of nitrogens with one attached hydrogen (secondary N) is 1. The molecule has 0 aromatic rings. The van der Waals surface area contributed by atoms with Crippen molar-refractivity contribution >= 4 is 6.09 Å². The largest absolute Gasteiger partial charge is 0.444 e. The van der Waals surface area contributed by atoms with Gasteiger partial charge in [-0.3, -0.25) is 0 Å². The molecule has 0 aromatic heterocycles. The van der Waals surface area contributed by atoms with Crippen LogP contribution in [0.2, 0.25) is 0 Å². The second-order valence-corrected chi connectivity index (χ2v) is 6.51. The molecule has 0 aliphatic carbocycles. The van der Waals surface area contributed by atoms with Gasteiger partial charge in [0, 0.05) is 19.6 Å². The van der Waals surface area contributed by atoms with Gasteiger partial charge in [0.25, 0.3) is 0 Å². The molecule has 118 valence electrons. The maximum atomic E-state index is 11.9. The maximum Gasteiger partial charge on any atom is 0.410 e. The number of carbonyl (C=O) groups excluding carboxylic acids is 1. The first kappa shape index (κ1) is 17.2. The number of hydrogen-bond donors (Lipinski definition) is 1. The van der Waals surface area contributed by atoms with E-state index in [-0.39, 0.29) is 6.09 Å². The number of nitrogens with zero attached hydrogens (tertiary/aromatic N) is 1. The van der Waals surface area contributed by atoms with Gasteiger partial charge < -0.3 is 14.5 Å². The zero-order valence-electron chi connectivity index (χ0n) is 13.4. The number of hydrogen-bond acceptors (Lipinski definition) is 4. The number of unbranched alkanes of at least 4 members (excludes halogenated alkanes) is 1. The van der Waals surface area contributed by atoms with Gasteiger partial charge >= 0.3 is 6.09 Å². The summed E-state index contributed by atoms with van der Waals surface area (Å²) in [6.45, 7) is 8.29. The van der Waals surface area contributed by atoms with Crippen LogP contribution < -0.4 is 5.48 Å². The Labute approximate surface area is 122 Å². The van der Waals surface area contributed by atoms with Crippen LogP contribution >= 0.6 is 0 Å². The number of rotatable bonds is 6. The van der Waals surface area contributed by atoms with Crippen molar-refractivity contribution in [3.05, 3.63) is 0 Å². The molecule has 0 spiro atoms. The molecule has 1 fully saturated rings. The number of amides is 1. The van der Waals surface area contributed by atoms with E-state index in [9.17, 15) is 4.79 Å². The number of hydroxylamine groups is 1. The van der Waals surface area contributed by atoms with Gasteiger partial charge in [0.2, 0.25) is 0 Å². The van der Waals surface area contributed by atoms with Crippen molar-refractivity contribution in [2.75, 3.05) is 26.7 Å². The lowest BCUT2D eigenvalue weighted by molar-refractivity contribution is 0.0180. The van der Waals surface area contributed by atoms with Crippen LogP contribution in [0.3, 0.4) is 0 Å². The van der Waals surface area contributed by atoms with Gasteiger partial charge in [-0.1, -0.05) is 12.8 Å². The van der Waals surface area contributed by atoms with Crippen LogP contribution in [0.15, 0.2) is 0 Å². The predicted molar refractivity (Wildman–Crippen MR) is 79.4 cm³/mol. The standard InChI is InChI=1S/C15H30N2O3/c1-15(2,3)20-14(18)17-11-8-13(9-12-17)7-5-6-10-16-19-4/h13,16H,5-12H2,1-4H3. The molecule has 0 aromatic carbocycles. The molecule has 1 N–H and O–H groups in total. The van der Waals surface area contributed by atoms with Crippen LogP contribution in [-0.4, -0.2) is 43.3 Å². The molecule has 0 saturated carbocycles. The van der Waals surface area contributed by atoms with E-state index in [0.29, 0.717) is 0 Å². The quantitative estimate of drug-likeness (QED) is 0.602. The molecule has 1 rings (SSSR count). The lowest BCUT2D eigenvalue weighted by Gasteiger charge is -2.33. The summed E-state index contributed by atoms with van der Waals surface area (Å²) in [5, 5.41) is 0. The average Bonchev–Trinajstić information content (AvgIpc) is 2.37. The third kappa shape index (κ3) is 7.10. The summed E-state index contributed by atoms with van der Waals surface area (Å²) in [5.41, 5.74) is 2.46. The number of likely N-dealkylation sites (tertiary alicyclic amines) is 1. The molecular weight excluding hydrogens is 256 g/mol. The summed E-state index contributed by atoms with van der Waals surface area (Å²) in [6.07, 6.45) is 5.62. The summed E-state index contributed by atoms with van der Waals surface area (Å²) in [4.78, 5) is 18.6. The van der Waals surface area contributed by atoms with E-state index >= 15 is 0 Å². The van der Waals surface area contributed by atoms with E-state index in [4.69, 9.17) is 9.57 Å². The van der Waals surface area contributed by atoms with Gasteiger partial charge in [0.1, 0.15) is 5.60 Å². The van der Waals surface area contributed by atoms with Crippen molar-refractivity contribution in [1.29, 1.82) is 0 Å². The highest BCUT2D eigenvalue weighted by Crippen LogP contribution is 2.23. The Kier molecular flexibility index (Phi) is 7.30. The third-order valence-electron chi connectivity index (χ3n) is 3.55. The molecule has 1 saturated heterocycles. The van der Waals surface area contributed by atoms with E-state index in [2.05, 4.69) is 5.48 Å². The molecule has 0 unspecified atom stereocenters. The monoisotopic (exact) mass is 286 g/mol. The number of piperidine rings is 1. The number of carbonyl (C=O) groups is 1. The molecule has 1 aliphatic heterocycles. The smallest absolute Gasteiger partial charge is 0.410 e. The van der Waals surface area contributed by atoms with Gasteiger partial charge in [-0.05, 0) is 46.0 Å². The highest BCUT2D eigenvalue weighted by atomic mass is 16.6. The minimum Gasteiger partial charge on any atom is -0.444 e. The molecule has 0 radical (unpaired) electrons. The molecule has 20 heavy (non-hydrogen) atoms. The maximum absolute atomic E-state index is 11.9. The van der Waals surface area contributed by atoms with E-state index in [1.807, 2.05) is 25.7 Å². The van der Waals surface area contributed by atoms with E-state index in [0.717, 1.165) is 44.8 Å². The first-order valence-corrected chi connectivity index (χ1v) is 7.66. The van der Waals surface area contributed by atoms with Crippen molar-refractivity contribution in [3.8, 4) is 0 Å². The Morgan fingerprint density at radius 1 is 1.25 bits per heavy atom. The molecule has 1 heterocycles. The second kappa shape index (κ2) is 8.47. The van der Waals surface area contributed by atoms with Gasteiger partial charge in [0.05, 0.1) is 7.11 Å². The number of ether oxygens (including phenoxy) is 1. The minimum atomic E-state index is -0.401. The van der Waals surface area contributed by atoms with Gasteiger partial charge in [-0.25, -0.2) is 10.3 Å². The van der Waals surface area contributed by atoms with Crippen LogP contribution in [0.4, 0.5) is 4.79 Å². The lowest BCUT2D eigenvalue weighted by atomic mass is 9.92. The Hall–Kier alpha value is -0.810. The van der Waals surface area contributed by atoms with Crippen molar-refractivity contribution in [2.24, 2.45) is 5.92 Å². The summed E-state index contributed by atoms with van der Waals surface area (Å²) in [7, 11) is 1.65. The lowest BCUT2D eigenvalue weighted by Crippen LogP contribution is -2.41. The first-order chi connectivity index (χ1) is 9.42. The fourth-order valence-corrected chi connectivity index (χ4v) is 2.46. The molecule has 0 bridgehead atoms. The van der Waals surface area contributed by atoms with Crippen molar-refractivity contribution in [2.45, 2.75) is 58.5 Å². The summed E-state index contributed by atoms with van der Waals surface area (Å²) in [5.74, 6) is 0.747. The Morgan fingerprint density at radius 2 is 1.90 bits per heavy atom.